The first-order valence-electron chi connectivity index (χ1n) is 7.75. The van der Waals surface area contributed by atoms with Crippen LogP contribution in [0, 0.1) is 18.7 Å². The van der Waals surface area contributed by atoms with Crippen molar-refractivity contribution in [3.8, 4) is 0 Å². The van der Waals surface area contributed by atoms with Crippen molar-refractivity contribution < 1.29 is 18.7 Å². The van der Waals surface area contributed by atoms with Gasteiger partial charge in [-0.3, -0.25) is 9.59 Å². The summed E-state index contributed by atoms with van der Waals surface area (Å²) in [5.41, 5.74) is 2.09. The third kappa shape index (κ3) is 4.79. The van der Waals surface area contributed by atoms with E-state index in [1.807, 2.05) is 12.1 Å². The van der Waals surface area contributed by atoms with E-state index in [9.17, 15) is 14.0 Å². The number of benzene rings is 2. The number of aryl methyl sites for hydroxylation is 1. The van der Waals surface area contributed by atoms with Crippen LogP contribution in [0.25, 0.3) is 0 Å². The number of amides is 1. The molecule has 2 rings (SSSR count). The van der Waals surface area contributed by atoms with Crippen LogP contribution in [0.1, 0.15) is 28.4 Å². The van der Waals surface area contributed by atoms with Crippen LogP contribution in [-0.2, 0) is 16.0 Å². The van der Waals surface area contributed by atoms with E-state index in [4.69, 9.17) is 16.3 Å². The topological polar surface area (TPSA) is 55.4 Å². The molecule has 0 saturated carbocycles. The number of hydrogen-bond donors (Lipinski definition) is 1. The summed E-state index contributed by atoms with van der Waals surface area (Å²) < 4.78 is 18.1. The lowest BCUT2D eigenvalue weighted by molar-refractivity contribution is -0.144. The Balaban J connectivity index is 2.07. The summed E-state index contributed by atoms with van der Waals surface area (Å²) in [7, 11) is 1.36. The highest BCUT2D eigenvalue weighted by Gasteiger charge is 2.15. The number of halogens is 2. The minimum Gasteiger partial charge on any atom is -0.469 e. The third-order valence-corrected chi connectivity index (χ3v) is 4.16. The SMILES string of the molecule is COC(=O)[C@H](C)Cc1ccc(NC(=O)c2cc(C)c(F)cc2Cl)cc1. The molecular formula is C19H19ClFNO3. The highest BCUT2D eigenvalue weighted by molar-refractivity contribution is 6.34. The number of ether oxygens (including phenoxy) is 1. The van der Waals surface area contributed by atoms with Gasteiger partial charge in [-0.1, -0.05) is 30.7 Å². The van der Waals surface area contributed by atoms with Crippen molar-refractivity contribution in [3.05, 3.63) is 63.9 Å². The van der Waals surface area contributed by atoms with Crippen LogP contribution in [0.15, 0.2) is 36.4 Å². The fourth-order valence-electron chi connectivity index (χ4n) is 2.39. The molecule has 0 aliphatic rings. The molecule has 0 saturated heterocycles. The van der Waals surface area contributed by atoms with Crippen LogP contribution >= 0.6 is 11.6 Å². The number of hydrogen-bond acceptors (Lipinski definition) is 3. The van der Waals surface area contributed by atoms with E-state index in [-0.39, 0.29) is 22.5 Å². The van der Waals surface area contributed by atoms with E-state index in [0.717, 1.165) is 11.6 Å². The van der Waals surface area contributed by atoms with E-state index >= 15 is 0 Å². The third-order valence-electron chi connectivity index (χ3n) is 3.85. The zero-order valence-corrected chi connectivity index (χ0v) is 15.0. The second-order valence-electron chi connectivity index (χ2n) is 5.86. The van der Waals surface area contributed by atoms with Gasteiger partial charge in [0.2, 0.25) is 0 Å². The van der Waals surface area contributed by atoms with E-state index in [1.165, 1.54) is 13.2 Å². The van der Waals surface area contributed by atoms with Crippen molar-refractivity contribution >= 4 is 29.2 Å². The molecule has 6 heteroatoms. The van der Waals surface area contributed by atoms with Gasteiger partial charge in [-0.25, -0.2) is 4.39 Å². The maximum atomic E-state index is 13.4. The Bertz CT molecular complexity index is 790. The zero-order chi connectivity index (χ0) is 18.6. The molecule has 0 aliphatic heterocycles. The van der Waals surface area contributed by atoms with Gasteiger partial charge in [0.05, 0.1) is 23.6 Å². The largest absolute Gasteiger partial charge is 0.469 e. The molecule has 0 spiro atoms. The van der Waals surface area contributed by atoms with Crippen LogP contribution in [0.2, 0.25) is 5.02 Å². The average Bonchev–Trinajstić information content (AvgIpc) is 2.58. The Labute approximate surface area is 150 Å². The molecule has 0 aromatic heterocycles. The Morgan fingerprint density at radius 2 is 1.88 bits per heavy atom. The number of nitrogens with one attached hydrogen (secondary N) is 1. The summed E-state index contributed by atoms with van der Waals surface area (Å²) in [5, 5.41) is 2.78. The maximum absolute atomic E-state index is 13.4. The van der Waals surface area contributed by atoms with Gasteiger partial charge in [0.25, 0.3) is 5.91 Å². The monoisotopic (exact) mass is 363 g/mol. The van der Waals surface area contributed by atoms with Gasteiger partial charge in [0, 0.05) is 5.69 Å². The summed E-state index contributed by atoms with van der Waals surface area (Å²) in [6.07, 6.45) is 0.546. The van der Waals surface area contributed by atoms with Gasteiger partial charge >= 0.3 is 5.97 Å². The molecule has 1 amide bonds. The van der Waals surface area contributed by atoms with Gasteiger partial charge in [-0.2, -0.15) is 0 Å². The number of carbonyl (C=O) groups excluding carboxylic acids is 2. The van der Waals surface area contributed by atoms with Crippen molar-refractivity contribution in [2.75, 3.05) is 12.4 Å². The van der Waals surface area contributed by atoms with Crippen molar-refractivity contribution in [2.45, 2.75) is 20.3 Å². The molecule has 4 nitrogen and oxygen atoms in total. The first kappa shape index (κ1) is 18.9. The summed E-state index contributed by atoms with van der Waals surface area (Å²) in [4.78, 5) is 23.8. The number of carbonyl (C=O) groups is 2. The summed E-state index contributed by atoms with van der Waals surface area (Å²) in [6.45, 7) is 3.36. The highest BCUT2D eigenvalue weighted by atomic mass is 35.5. The van der Waals surface area contributed by atoms with Crippen molar-refractivity contribution in [2.24, 2.45) is 5.92 Å². The van der Waals surface area contributed by atoms with Crippen molar-refractivity contribution in [1.82, 2.24) is 0 Å². The van der Waals surface area contributed by atoms with Gasteiger partial charge < -0.3 is 10.1 Å². The van der Waals surface area contributed by atoms with Gasteiger partial charge in [-0.05, 0) is 48.7 Å². The fraction of sp³-hybridized carbons (Fsp3) is 0.263. The minimum absolute atomic E-state index is 0.0594. The lowest BCUT2D eigenvalue weighted by atomic mass is 10.0. The Morgan fingerprint density at radius 3 is 2.48 bits per heavy atom. The predicted molar refractivity (Wildman–Crippen MR) is 95.4 cm³/mol. The van der Waals surface area contributed by atoms with E-state index < -0.39 is 11.7 Å². The van der Waals surface area contributed by atoms with Crippen LogP contribution in [0.3, 0.4) is 0 Å². The fourth-order valence-corrected chi connectivity index (χ4v) is 2.63. The second-order valence-corrected chi connectivity index (χ2v) is 6.27. The Morgan fingerprint density at radius 1 is 1.24 bits per heavy atom. The maximum Gasteiger partial charge on any atom is 0.308 e. The molecule has 0 fully saturated rings. The van der Waals surface area contributed by atoms with Gasteiger partial charge in [0.15, 0.2) is 0 Å². The molecule has 0 unspecified atom stereocenters. The molecule has 2 aromatic rings. The minimum atomic E-state index is -0.453. The molecule has 0 bridgehead atoms. The molecule has 25 heavy (non-hydrogen) atoms. The highest BCUT2D eigenvalue weighted by Crippen LogP contribution is 2.22. The Kier molecular flexibility index (Phi) is 6.15. The lowest BCUT2D eigenvalue weighted by Gasteiger charge is -2.11. The summed E-state index contributed by atoms with van der Waals surface area (Å²) >= 11 is 5.94. The molecule has 0 aliphatic carbocycles. The molecule has 0 heterocycles. The van der Waals surface area contributed by atoms with Crippen molar-refractivity contribution in [1.29, 1.82) is 0 Å². The second kappa shape index (κ2) is 8.12. The molecule has 0 radical (unpaired) electrons. The molecule has 1 N–H and O–H groups in total. The van der Waals surface area contributed by atoms with Crippen LogP contribution < -0.4 is 5.32 Å². The standard InChI is InChI=1S/C19H19ClFNO3/c1-11-9-15(16(20)10-17(11)21)18(23)22-14-6-4-13(5-7-14)8-12(2)19(24)25-3/h4-7,9-10,12H,8H2,1-3H3,(H,22,23)/t12-/m1/s1. The Hall–Kier alpha value is -2.40. The van der Waals surface area contributed by atoms with E-state index in [0.29, 0.717) is 17.7 Å². The van der Waals surface area contributed by atoms with E-state index in [1.54, 1.807) is 26.0 Å². The van der Waals surface area contributed by atoms with Crippen LogP contribution in [0.4, 0.5) is 10.1 Å². The normalized spacial score (nSPS) is 11.7. The molecule has 132 valence electrons. The summed E-state index contributed by atoms with van der Waals surface area (Å²) in [5.74, 6) is -1.38. The van der Waals surface area contributed by atoms with E-state index in [2.05, 4.69) is 5.32 Å². The number of anilines is 1. The molecule has 1 atom stereocenters. The number of methoxy groups -OCH3 is 1. The van der Waals surface area contributed by atoms with Crippen LogP contribution in [0.5, 0.6) is 0 Å². The molecular weight excluding hydrogens is 345 g/mol. The first-order chi connectivity index (χ1) is 11.8. The lowest BCUT2D eigenvalue weighted by Crippen LogP contribution is -2.15. The predicted octanol–water partition coefficient (Wildman–Crippen LogP) is 4.39. The average molecular weight is 364 g/mol. The zero-order valence-electron chi connectivity index (χ0n) is 14.2. The smallest absolute Gasteiger partial charge is 0.308 e. The quantitative estimate of drug-likeness (QED) is 0.801. The van der Waals surface area contributed by atoms with Gasteiger partial charge in [0.1, 0.15) is 5.82 Å². The van der Waals surface area contributed by atoms with Gasteiger partial charge in [-0.15, -0.1) is 0 Å². The van der Waals surface area contributed by atoms with Crippen molar-refractivity contribution in [3.63, 3.8) is 0 Å². The molecule has 2 aromatic carbocycles. The first-order valence-corrected chi connectivity index (χ1v) is 8.13. The summed E-state index contributed by atoms with van der Waals surface area (Å²) in [6, 6.07) is 9.67. The number of rotatable bonds is 5. The van der Waals surface area contributed by atoms with Crippen LogP contribution in [-0.4, -0.2) is 19.0 Å². The number of esters is 1.